The van der Waals surface area contributed by atoms with Crippen molar-refractivity contribution in [3.8, 4) is 11.1 Å². The van der Waals surface area contributed by atoms with E-state index in [9.17, 15) is 4.79 Å². The van der Waals surface area contributed by atoms with Gasteiger partial charge in [-0.15, -0.1) is 0 Å². The third kappa shape index (κ3) is 4.10. The van der Waals surface area contributed by atoms with Crippen LogP contribution in [0.1, 0.15) is 30.9 Å². The summed E-state index contributed by atoms with van der Waals surface area (Å²) in [6.45, 7) is 6.54. The van der Waals surface area contributed by atoms with E-state index < -0.39 is 0 Å². The predicted octanol–water partition coefficient (Wildman–Crippen LogP) is 3.71. The zero-order valence-electron chi connectivity index (χ0n) is 15.3. The lowest BCUT2D eigenvalue weighted by molar-refractivity contribution is -0.132. The molecule has 3 nitrogen and oxygen atoms in total. The van der Waals surface area contributed by atoms with Gasteiger partial charge in [-0.25, -0.2) is 0 Å². The maximum absolute atomic E-state index is 12.7. The van der Waals surface area contributed by atoms with Crippen LogP contribution in [0.25, 0.3) is 11.1 Å². The summed E-state index contributed by atoms with van der Waals surface area (Å²) in [5, 5.41) is 6.46. The quantitative estimate of drug-likeness (QED) is 0.874. The molecule has 0 aromatic heterocycles. The van der Waals surface area contributed by atoms with Gasteiger partial charge in [-0.05, 0) is 56.3 Å². The van der Waals surface area contributed by atoms with Gasteiger partial charge in [0, 0.05) is 13.1 Å². The van der Waals surface area contributed by atoms with Crippen molar-refractivity contribution in [1.82, 2.24) is 10.6 Å². The number of nitrogens with one attached hydrogen (secondary N) is 2. The summed E-state index contributed by atoms with van der Waals surface area (Å²) >= 11 is 0. The van der Waals surface area contributed by atoms with Crippen LogP contribution in [0, 0.1) is 12.3 Å². The number of aryl methyl sites for hydroxylation is 1. The molecule has 1 aliphatic heterocycles. The minimum Gasteiger partial charge on any atom is -0.356 e. The predicted molar refractivity (Wildman–Crippen MR) is 104 cm³/mol. The summed E-state index contributed by atoms with van der Waals surface area (Å²) < 4.78 is 0. The van der Waals surface area contributed by atoms with Crippen LogP contribution in [0.3, 0.4) is 0 Å². The lowest BCUT2D eigenvalue weighted by Gasteiger charge is -2.36. The Balaban J connectivity index is 1.78. The van der Waals surface area contributed by atoms with Gasteiger partial charge >= 0.3 is 0 Å². The molecule has 1 heterocycles. The molecule has 0 unspecified atom stereocenters. The number of amides is 1. The van der Waals surface area contributed by atoms with Gasteiger partial charge < -0.3 is 10.6 Å². The fourth-order valence-electron chi connectivity index (χ4n) is 3.69. The summed E-state index contributed by atoms with van der Waals surface area (Å²) in [6, 6.07) is 17.3. The number of carbonyl (C=O) groups is 1. The van der Waals surface area contributed by atoms with Crippen LogP contribution >= 0.6 is 0 Å². The van der Waals surface area contributed by atoms with Gasteiger partial charge in [-0.1, -0.05) is 54.1 Å². The minimum absolute atomic E-state index is 0.185. The standard InChI is InChI=1S/C22H28N2O/c1-3-24-21(25)22(13-4-14-23-16-22)15-18-7-11-20(12-8-18)19-9-5-17(2)6-10-19/h5-12,23H,3-4,13-16H2,1-2H3,(H,24,25)/t22-/m1/s1. The van der Waals surface area contributed by atoms with Crippen molar-refractivity contribution in [1.29, 1.82) is 0 Å². The lowest BCUT2D eigenvalue weighted by atomic mass is 9.74. The van der Waals surface area contributed by atoms with E-state index in [4.69, 9.17) is 0 Å². The van der Waals surface area contributed by atoms with Crippen LogP contribution in [0.5, 0.6) is 0 Å². The third-order valence-corrected chi connectivity index (χ3v) is 5.17. The van der Waals surface area contributed by atoms with E-state index in [-0.39, 0.29) is 11.3 Å². The Bertz CT molecular complexity index is 698. The number of hydrogen-bond donors (Lipinski definition) is 2. The molecule has 2 aromatic carbocycles. The summed E-state index contributed by atoms with van der Waals surface area (Å²) in [5.74, 6) is 0.185. The first-order chi connectivity index (χ1) is 12.1. The van der Waals surface area contributed by atoms with Gasteiger partial charge in [0.1, 0.15) is 0 Å². The largest absolute Gasteiger partial charge is 0.356 e. The van der Waals surface area contributed by atoms with E-state index in [1.54, 1.807) is 0 Å². The summed E-state index contributed by atoms with van der Waals surface area (Å²) in [7, 11) is 0. The van der Waals surface area contributed by atoms with Gasteiger partial charge in [-0.2, -0.15) is 0 Å². The molecular formula is C22H28N2O. The topological polar surface area (TPSA) is 41.1 Å². The number of benzene rings is 2. The summed E-state index contributed by atoms with van der Waals surface area (Å²) in [6.07, 6.45) is 2.80. The Labute approximate surface area is 150 Å². The Kier molecular flexibility index (Phi) is 5.54. The fourth-order valence-corrected chi connectivity index (χ4v) is 3.69. The average Bonchev–Trinajstić information content (AvgIpc) is 2.64. The molecule has 132 valence electrons. The van der Waals surface area contributed by atoms with Gasteiger partial charge in [-0.3, -0.25) is 4.79 Å². The smallest absolute Gasteiger partial charge is 0.227 e. The first-order valence-corrected chi connectivity index (χ1v) is 9.28. The van der Waals surface area contributed by atoms with Gasteiger partial charge in [0.2, 0.25) is 5.91 Å². The van der Waals surface area contributed by atoms with E-state index in [1.165, 1.54) is 22.3 Å². The lowest BCUT2D eigenvalue weighted by Crippen LogP contribution is -2.51. The van der Waals surface area contributed by atoms with E-state index in [0.29, 0.717) is 6.54 Å². The van der Waals surface area contributed by atoms with Crippen molar-refractivity contribution in [3.05, 3.63) is 59.7 Å². The molecule has 3 rings (SSSR count). The van der Waals surface area contributed by atoms with Crippen molar-refractivity contribution in [3.63, 3.8) is 0 Å². The number of carbonyl (C=O) groups excluding carboxylic acids is 1. The Morgan fingerprint density at radius 3 is 2.28 bits per heavy atom. The second kappa shape index (κ2) is 7.83. The summed E-state index contributed by atoms with van der Waals surface area (Å²) in [4.78, 5) is 12.7. The van der Waals surface area contributed by atoms with Crippen molar-refractivity contribution >= 4 is 5.91 Å². The molecule has 0 radical (unpaired) electrons. The molecule has 25 heavy (non-hydrogen) atoms. The molecule has 3 heteroatoms. The van der Waals surface area contributed by atoms with Crippen LogP contribution in [0.4, 0.5) is 0 Å². The Morgan fingerprint density at radius 1 is 1.08 bits per heavy atom. The highest BCUT2D eigenvalue weighted by molar-refractivity contribution is 5.83. The molecule has 0 spiro atoms. The molecule has 1 amide bonds. The molecule has 0 aliphatic carbocycles. The van der Waals surface area contributed by atoms with Gasteiger partial charge in [0.15, 0.2) is 0 Å². The SMILES string of the molecule is CCNC(=O)[C@@]1(Cc2ccc(-c3ccc(C)cc3)cc2)CCCNC1. The normalized spacial score (nSPS) is 20.2. The first-order valence-electron chi connectivity index (χ1n) is 9.28. The molecular weight excluding hydrogens is 308 g/mol. The molecule has 1 aliphatic rings. The number of hydrogen-bond acceptors (Lipinski definition) is 2. The highest BCUT2D eigenvalue weighted by Gasteiger charge is 2.39. The van der Waals surface area contributed by atoms with E-state index in [0.717, 1.165) is 32.4 Å². The third-order valence-electron chi connectivity index (χ3n) is 5.17. The van der Waals surface area contributed by atoms with Crippen molar-refractivity contribution in [2.45, 2.75) is 33.1 Å². The Morgan fingerprint density at radius 2 is 1.72 bits per heavy atom. The molecule has 1 atom stereocenters. The Hall–Kier alpha value is -2.13. The fraction of sp³-hybridized carbons (Fsp3) is 0.409. The maximum Gasteiger partial charge on any atom is 0.227 e. The molecule has 1 fully saturated rings. The zero-order chi connectivity index (χ0) is 17.7. The van der Waals surface area contributed by atoms with Crippen LogP contribution in [0.15, 0.2) is 48.5 Å². The molecule has 1 saturated heterocycles. The first kappa shape index (κ1) is 17.7. The van der Waals surface area contributed by atoms with E-state index in [2.05, 4.69) is 66.1 Å². The zero-order valence-corrected chi connectivity index (χ0v) is 15.3. The maximum atomic E-state index is 12.7. The van der Waals surface area contributed by atoms with E-state index in [1.807, 2.05) is 6.92 Å². The number of rotatable bonds is 5. The van der Waals surface area contributed by atoms with Crippen LogP contribution in [-0.2, 0) is 11.2 Å². The van der Waals surface area contributed by atoms with Gasteiger partial charge in [0.25, 0.3) is 0 Å². The molecule has 2 N–H and O–H groups in total. The molecule has 0 saturated carbocycles. The highest BCUT2D eigenvalue weighted by atomic mass is 16.2. The number of piperidine rings is 1. The average molecular weight is 336 g/mol. The minimum atomic E-state index is -0.320. The van der Waals surface area contributed by atoms with Crippen molar-refractivity contribution in [2.75, 3.05) is 19.6 Å². The monoisotopic (exact) mass is 336 g/mol. The van der Waals surface area contributed by atoms with Crippen LogP contribution in [-0.4, -0.2) is 25.5 Å². The summed E-state index contributed by atoms with van der Waals surface area (Å²) in [5.41, 5.74) is 4.63. The molecule has 0 bridgehead atoms. The second-order valence-electron chi connectivity index (χ2n) is 7.16. The van der Waals surface area contributed by atoms with Crippen molar-refractivity contribution < 1.29 is 4.79 Å². The van der Waals surface area contributed by atoms with E-state index >= 15 is 0 Å². The highest BCUT2D eigenvalue weighted by Crippen LogP contribution is 2.32. The second-order valence-corrected chi connectivity index (χ2v) is 7.16. The van der Waals surface area contributed by atoms with Gasteiger partial charge in [0.05, 0.1) is 5.41 Å². The van der Waals surface area contributed by atoms with Crippen LogP contribution in [0.2, 0.25) is 0 Å². The van der Waals surface area contributed by atoms with Crippen LogP contribution < -0.4 is 10.6 Å². The van der Waals surface area contributed by atoms with Crippen molar-refractivity contribution in [2.24, 2.45) is 5.41 Å². The molecule has 2 aromatic rings.